The number of carbonyl (C=O) groups is 1. The minimum atomic E-state index is 0.0311. The van der Waals surface area contributed by atoms with Crippen LogP contribution in [-0.2, 0) is 4.79 Å². The Hall–Kier alpha value is -2.64. The van der Waals surface area contributed by atoms with Gasteiger partial charge in [-0.05, 0) is 43.7 Å². The minimum absolute atomic E-state index is 0.0311. The second kappa shape index (κ2) is 9.91. The second-order valence-corrected chi connectivity index (χ2v) is 8.51. The van der Waals surface area contributed by atoms with E-state index in [1.54, 1.807) is 18.4 Å². The van der Waals surface area contributed by atoms with E-state index < -0.39 is 0 Å². The number of thiazole rings is 1. The van der Waals surface area contributed by atoms with E-state index in [1.165, 1.54) is 9.71 Å². The van der Waals surface area contributed by atoms with Crippen molar-refractivity contribution < 1.29 is 14.3 Å². The molecule has 1 N–H and O–H groups in total. The van der Waals surface area contributed by atoms with Gasteiger partial charge in [0.2, 0.25) is 5.91 Å². The van der Waals surface area contributed by atoms with Crippen molar-refractivity contribution in [3.05, 3.63) is 53.5 Å². The summed E-state index contributed by atoms with van der Waals surface area (Å²) in [6.07, 6.45) is 2.22. The van der Waals surface area contributed by atoms with Crippen molar-refractivity contribution in [2.75, 3.05) is 39.9 Å². The van der Waals surface area contributed by atoms with Crippen LogP contribution in [0.1, 0.15) is 23.8 Å². The minimum Gasteiger partial charge on any atom is -0.493 e. The van der Waals surface area contributed by atoms with Gasteiger partial charge in [0.25, 0.3) is 0 Å². The highest BCUT2D eigenvalue weighted by molar-refractivity contribution is 7.18. The van der Waals surface area contributed by atoms with Crippen LogP contribution in [0.5, 0.6) is 11.5 Å². The molecule has 2 aromatic carbocycles. The van der Waals surface area contributed by atoms with Crippen LogP contribution in [0, 0.1) is 0 Å². The number of benzene rings is 2. The lowest BCUT2D eigenvalue weighted by molar-refractivity contribution is -0.122. The van der Waals surface area contributed by atoms with E-state index in [1.807, 2.05) is 30.3 Å². The molecule has 0 aliphatic carbocycles. The predicted molar refractivity (Wildman–Crippen MR) is 120 cm³/mol. The van der Waals surface area contributed by atoms with Gasteiger partial charge in [-0.1, -0.05) is 24.3 Å². The number of carbonyl (C=O) groups excluding carboxylic acids is 1. The zero-order valence-corrected chi connectivity index (χ0v) is 18.0. The molecule has 1 saturated heterocycles. The first-order valence-corrected chi connectivity index (χ1v) is 11.1. The first kappa shape index (κ1) is 20.6. The Bertz CT molecular complexity index is 957. The van der Waals surface area contributed by atoms with E-state index >= 15 is 0 Å². The first-order chi connectivity index (χ1) is 14.7. The maximum atomic E-state index is 12.4. The maximum absolute atomic E-state index is 12.4. The SMILES string of the molecule is COc1ccccc1OCCNC(=O)CN1CCC[C@H](c2nc3ccccc3s2)C1. The number of hydrogen-bond acceptors (Lipinski definition) is 6. The standard InChI is InChI=1S/C23H27N3O3S/c1-28-19-9-3-4-10-20(19)29-14-12-24-22(27)16-26-13-6-7-17(15-26)23-25-18-8-2-5-11-21(18)30-23/h2-5,8-11,17H,6-7,12-16H2,1H3,(H,24,27)/t17-/m0/s1. The third-order valence-electron chi connectivity index (χ3n) is 5.28. The van der Waals surface area contributed by atoms with Crippen molar-refractivity contribution in [3.63, 3.8) is 0 Å². The average Bonchev–Trinajstić information content (AvgIpc) is 3.22. The second-order valence-electron chi connectivity index (χ2n) is 7.44. The topological polar surface area (TPSA) is 63.7 Å². The van der Waals surface area contributed by atoms with Crippen LogP contribution in [0.2, 0.25) is 0 Å². The molecule has 3 aromatic rings. The molecule has 1 atom stereocenters. The average molecular weight is 426 g/mol. The molecule has 0 spiro atoms. The molecule has 30 heavy (non-hydrogen) atoms. The van der Waals surface area contributed by atoms with Gasteiger partial charge in [-0.25, -0.2) is 4.98 Å². The monoisotopic (exact) mass is 425 g/mol. The summed E-state index contributed by atoms with van der Waals surface area (Å²) in [6, 6.07) is 15.8. The van der Waals surface area contributed by atoms with Gasteiger partial charge in [0.15, 0.2) is 11.5 Å². The van der Waals surface area contributed by atoms with Gasteiger partial charge in [0.1, 0.15) is 6.61 Å². The molecule has 4 rings (SSSR count). The predicted octanol–water partition coefficient (Wildman–Crippen LogP) is 3.68. The number of fused-ring (bicyclic) bond motifs is 1. The van der Waals surface area contributed by atoms with Gasteiger partial charge in [0, 0.05) is 12.5 Å². The van der Waals surface area contributed by atoms with Crippen molar-refractivity contribution >= 4 is 27.5 Å². The fourth-order valence-corrected chi connectivity index (χ4v) is 4.91. The molecule has 1 amide bonds. The molecule has 158 valence electrons. The fourth-order valence-electron chi connectivity index (χ4n) is 3.81. The lowest BCUT2D eigenvalue weighted by Crippen LogP contribution is -2.42. The van der Waals surface area contributed by atoms with Crippen molar-refractivity contribution in [2.45, 2.75) is 18.8 Å². The van der Waals surface area contributed by atoms with Crippen LogP contribution in [0.4, 0.5) is 0 Å². The summed E-state index contributed by atoms with van der Waals surface area (Å²) in [5, 5.41) is 4.14. The third-order valence-corrected chi connectivity index (χ3v) is 6.48. The molecule has 2 heterocycles. The van der Waals surface area contributed by atoms with Crippen molar-refractivity contribution in [1.82, 2.24) is 15.2 Å². The number of methoxy groups -OCH3 is 1. The van der Waals surface area contributed by atoms with Gasteiger partial charge in [-0.2, -0.15) is 0 Å². The molecule has 1 aliphatic rings. The van der Waals surface area contributed by atoms with Crippen LogP contribution in [0.3, 0.4) is 0 Å². The number of hydrogen-bond donors (Lipinski definition) is 1. The number of aromatic nitrogens is 1. The van der Waals surface area contributed by atoms with Gasteiger partial charge in [-0.15, -0.1) is 11.3 Å². The molecule has 1 fully saturated rings. The Morgan fingerprint density at radius 1 is 1.20 bits per heavy atom. The largest absolute Gasteiger partial charge is 0.493 e. The van der Waals surface area contributed by atoms with Gasteiger partial charge >= 0.3 is 0 Å². The summed E-state index contributed by atoms with van der Waals surface area (Å²) in [5.41, 5.74) is 1.07. The Balaban J connectivity index is 1.23. The van der Waals surface area contributed by atoms with Crippen molar-refractivity contribution in [1.29, 1.82) is 0 Å². The van der Waals surface area contributed by atoms with Crippen LogP contribution in [0.25, 0.3) is 10.2 Å². The number of piperidine rings is 1. The van der Waals surface area contributed by atoms with E-state index in [4.69, 9.17) is 14.5 Å². The lowest BCUT2D eigenvalue weighted by Gasteiger charge is -2.31. The molecule has 7 heteroatoms. The maximum Gasteiger partial charge on any atom is 0.234 e. The Morgan fingerprint density at radius 2 is 2.00 bits per heavy atom. The van der Waals surface area contributed by atoms with Crippen molar-refractivity contribution in [3.8, 4) is 11.5 Å². The molecule has 1 aliphatic heterocycles. The summed E-state index contributed by atoms with van der Waals surface area (Å²) in [6.45, 7) is 3.11. The number of ether oxygens (including phenoxy) is 2. The summed E-state index contributed by atoms with van der Waals surface area (Å²) in [7, 11) is 1.62. The molecule has 0 unspecified atom stereocenters. The molecule has 0 saturated carbocycles. The van der Waals surface area contributed by atoms with Gasteiger partial charge in [-0.3, -0.25) is 9.69 Å². The quantitative estimate of drug-likeness (QED) is 0.558. The van der Waals surface area contributed by atoms with Crippen LogP contribution < -0.4 is 14.8 Å². The highest BCUT2D eigenvalue weighted by Gasteiger charge is 2.25. The number of likely N-dealkylation sites (tertiary alicyclic amines) is 1. The number of para-hydroxylation sites is 3. The van der Waals surface area contributed by atoms with Gasteiger partial charge < -0.3 is 14.8 Å². The smallest absolute Gasteiger partial charge is 0.234 e. The van der Waals surface area contributed by atoms with E-state index in [-0.39, 0.29) is 5.91 Å². The first-order valence-electron chi connectivity index (χ1n) is 10.3. The van der Waals surface area contributed by atoms with Gasteiger partial charge in [0.05, 0.1) is 35.4 Å². The third kappa shape index (κ3) is 5.09. The zero-order chi connectivity index (χ0) is 20.8. The van der Waals surface area contributed by atoms with Crippen LogP contribution in [-0.4, -0.2) is 55.7 Å². The summed E-state index contributed by atoms with van der Waals surface area (Å²) < 4.78 is 12.2. The summed E-state index contributed by atoms with van der Waals surface area (Å²) in [5.74, 6) is 1.81. The molecular weight excluding hydrogens is 398 g/mol. The molecule has 6 nitrogen and oxygen atoms in total. The zero-order valence-electron chi connectivity index (χ0n) is 17.2. The Labute approximate surface area is 180 Å². The lowest BCUT2D eigenvalue weighted by atomic mass is 9.99. The van der Waals surface area contributed by atoms with Crippen molar-refractivity contribution in [2.24, 2.45) is 0 Å². The Kier molecular flexibility index (Phi) is 6.81. The summed E-state index contributed by atoms with van der Waals surface area (Å²) >= 11 is 1.78. The number of nitrogens with one attached hydrogen (secondary N) is 1. The molecule has 0 radical (unpaired) electrons. The highest BCUT2D eigenvalue weighted by atomic mass is 32.1. The molecule has 0 bridgehead atoms. The van der Waals surface area contributed by atoms with Crippen LogP contribution in [0.15, 0.2) is 48.5 Å². The van der Waals surface area contributed by atoms with E-state index in [9.17, 15) is 4.79 Å². The fraction of sp³-hybridized carbons (Fsp3) is 0.391. The normalized spacial score (nSPS) is 17.0. The number of amides is 1. The van der Waals surface area contributed by atoms with E-state index in [0.717, 1.165) is 31.4 Å². The molecule has 1 aromatic heterocycles. The van der Waals surface area contributed by atoms with E-state index in [0.29, 0.717) is 37.1 Å². The highest BCUT2D eigenvalue weighted by Crippen LogP contribution is 2.32. The molecular formula is C23H27N3O3S. The number of nitrogens with zero attached hydrogens (tertiary/aromatic N) is 2. The summed E-state index contributed by atoms with van der Waals surface area (Å²) in [4.78, 5) is 19.4. The van der Waals surface area contributed by atoms with E-state index in [2.05, 4.69) is 28.4 Å². The number of rotatable bonds is 8. The Morgan fingerprint density at radius 3 is 2.83 bits per heavy atom. The van der Waals surface area contributed by atoms with Crippen LogP contribution >= 0.6 is 11.3 Å².